The minimum absolute atomic E-state index is 0.168. The van der Waals surface area contributed by atoms with E-state index in [1.165, 1.54) is 17.8 Å². The Morgan fingerprint density at radius 2 is 1.91 bits per heavy atom. The lowest BCUT2D eigenvalue weighted by molar-refractivity contribution is -0.113. The van der Waals surface area contributed by atoms with Crippen molar-refractivity contribution in [1.29, 1.82) is 0 Å². The van der Waals surface area contributed by atoms with Gasteiger partial charge in [0.2, 0.25) is 5.91 Å². The molecule has 0 spiro atoms. The molecule has 0 saturated heterocycles. The van der Waals surface area contributed by atoms with Crippen LogP contribution in [0.15, 0.2) is 80.9 Å². The zero-order valence-electron chi connectivity index (χ0n) is 17.1. The van der Waals surface area contributed by atoms with Gasteiger partial charge >= 0.3 is 5.97 Å². The van der Waals surface area contributed by atoms with E-state index in [2.05, 4.69) is 10.3 Å². The van der Waals surface area contributed by atoms with Crippen molar-refractivity contribution in [2.24, 2.45) is 0 Å². The van der Waals surface area contributed by atoms with Crippen LogP contribution < -0.4 is 10.9 Å². The lowest BCUT2D eigenvalue weighted by Gasteiger charge is -2.08. The summed E-state index contributed by atoms with van der Waals surface area (Å²) in [5.74, 6) is 0.0169. The van der Waals surface area contributed by atoms with Gasteiger partial charge in [-0.3, -0.25) is 9.59 Å². The number of amides is 1. The van der Waals surface area contributed by atoms with E-state index >= 15 is 0 Å². The molecular formula is C23H19N3O5S. The molecule has 4 rings (SSSR count). The fourth-order valence-corrected chi connectivity index (χ4v) is 3.68. The highest BCUT2D eigenvalue weighted by Crippen LogP contribution is 2.18. The van der Waals surface area contributed by atoms with Crippen LogP contribution in [-0.2, 0) is 16.1 Å². The molecule has 0 aliphatic carbocycles. The Morgan fingerprint density at radius 1 is 1.09 bits per heavy atom. The maximum atomic E-state index is 12.5. The smallest absolute Gasteiger partial charge is 0.338 e. The predicted octanol–water partition coefficient (Wildman–Crippen LogP) is 3.68. The number of aromatic nitrogens is 2. The number of benzene rings is 2. The van der Waals surface area contributed by atoms with Crippen molar-refractivity contribution in [2.45, 2.75) is 18.4 Å². The number of carbonyl (C=O) groups is 2. The van der Waals surface area contributed by atoms with Gasteiger partial charge in [-0.2, -0.15) is 0 Å². The summed E-state index contributed by atoms with van der Waals surface area (Å²) in [6.45, 7) is 1.54. The van der Waals surface area contributed by atoms with Crippen molar-refractivity contribution in [3.8, 4) is 0 Å². The van der Waals surface area contributed by atoms with Crippen molar-refractivity contribution in [3.05, 3.63) is 94.1 Å². The first-order valence-corrected chi connectivity index (χ1v) is 10.7. The van der Waals surface area contributed by atoms with Crippen LogP contribution in [0.2, 0.25) is 0 Å². The summed E-state index contributed by atoms with van der Waals surface area (Å²) in [6.07, 6.45) is 0. The number of nitrogens with one attached hydrogen (secondary N) is 1. The maximum absolute atomic E-state index is 12.5. The monoisotopic (exact) mass is 449 g/mol. The summed E-state index contributed by atoms with van der Waals surface area (Å²) in [5, 5.41) is 2.78. The molecule has 0 saturated carbocycles. The third-order valence-electron chi connectivity index (χ3n) is 4.37. The average molecular weight is 449 g/mol. The molecule has 0 atom stereocenters. The number of fused-ring (bicyclic) bond motifs is 1. The van der Waals surface area contributed by atoms with Crippen LogP contribution in [0.1, 0.15) is 21.8 Å². The summed E-state index contributed by atoms with van der Waals surface area (Å²) >= 11 is 1.42. The van der Waals surface area contributed by atoms with Crippen LogP contribution in [0.25, 0.3) is 5.65 Å². The SMILES string of the molecule is Cc1cc2nc(COC(=O)c3cccc(NC(=O)CSc4ccccc4)c3)cc(=O)n2o1. The van der Waals surface area contributed by atoms with Gasteiger partial charge in [0.15, 0.2) is 5.65 Å². The number of nitrogens with zero attached hydrogens (tertiary/aromatic N) is 2. The van der Waals surface area contributed by atoms with Crippen LogP contribution >= 0.6 is 11.8 Å². The van der Waals surface area contributed by atoms with E-state index in [4.69, 9.17) is 9.26 Å². The van der Waals surface area contributed by atoms with Gasteiger partial charge in [0.05, 0.1) is 17.0 Å². The van der Waals surface area contributed by atoms with E-state index in [9.17, 15) is 14.4 Å². The number of anilines is 1. The molecule has 0 unspecified atom stereocenters. The maximum Gasteiger partial charge on any atom is 0.338 e. The van der Waals surface area contributed by atoms with E-state index in [1.54, 1.807) is 37.3 Å². The first-order valence-electron chi connectivity index (χ1n) is 9.72. The molecule has 4 aromatic rings. The van der Waals surface area contributed by atoms with E-state index in [1.807, 2.05) is 30.3 Å². The average Bonchev–Trinajstić information content (AvgIpc) is 3.18. The largest absolute Gasteiger partial charge is 0.456 e. The van der Waals surface area contributed by atoms with Gasteiger partial charge in [0.25, 0.3) is 5.56 Å². The van der Waals surface area contributed by atoms with E-state index < -0.39 is 11.5 Å². The summed E-state index contributed by atoms with van der Waals surface area (Å²) in [4.78, 5) is 42.0. The molecule has 2 heterocycles. The minimum atomic E-state index is -0.592. The fourth-order valence-electron chi connectivity index (χ4n) is 2.96. The Labute approximate surface area is 187 Å². The van der Waals surface area contributed by atoms with Crippen LogP contribution in [0.4, 0.5) is 5.69 Å². The molecule has 1 N–H and O–H groups in total. The molecular weight excluding hydrogens is 430 g/mol. The second-order valence-electron chi connectivity index (χ2n) is 6.89. The van der Waals surface area contributed by atoms with Crippen molar-refractivity contribution >= 4 is 35.0 Å². The van der Waals surface area contributed by atoms with E-state index in [-0.39, 0.29) is 23.8 Å². The molecule has 9 heteroatoms. The van der Waals surface area contributed by atoms with Gasteiger partial charge in [0, 0.05) is 22.7 Å². The zero-order valence-corrected chi connectivity index (χ0v) is 17.9. The van der Waals surface area contributed by atoms with Crippen molar-refractivity contribution in [3.63, 3.8) is 0 Å². The standard InChI is InChI=1S/C23H19N3O5S/c1-15-10-20-24-18(12-22(28)26(20)31-15)13-30-23(29)16-6-5-7-17(11-16)25-21(27)14-32-19-8-3-2-4-9-19/h2-12H,13-14H2,1H3,(H,25,27). The van der Waals surface area contributed by atoms with Gasteiger partial charge < -0.3 is 14.6 Å². The molecule has 32 heavy (non-hydrogen) atoms. The molecule has 0 bridgehead atoms. The third-order valence-corrected chi connectivity index (χ3v) is 5.38. The topological polar surface area (TPSA) is 103 Å². The normalized spacial score (nSPS) is 10.8. The van der Waals surface area contributed by atoms with Gasteiger partial charge in [-0.1, -0.05) is 24.3 Å². The number of hydrogen-bond donors (Lipinski definition) is 1. The number of rotatable bonds is 7. The Kier molecular flexibility index (Phi) is 6.37. The molecule has 0 radical (unpaired) electrons. The zero-order chi connectivity index (χ0) is 22.5. The first-order chi connectivity index (χ1) is 15.5. The van der Waals surface area contributed by atoms with Gasteiger partial charge in [-0.15, -0.1) is 16.3 Å². The number of carbonyl (C=O) groups excluding carboxylic acids is 2. The number of hydrogen-bond acceptors (Lipinski definition) is 7. The molecule has 162 valence electrons. The van der Waals surface area contributed by atoms with Crippen LogP contribution in [-0.4, -0.2) is 27.2 Å². The molecule has 8 nitrogen and oxygen atoms in total. The second kappa shape index (κ2) is 9.52. The summed E-state index contributed by atoms with van der Waals surface area (Å²) in [5.41, 5.74) is 1.03. The second-order valence-corrected chi connectivity index (χ2v) is 7.94. The molecule has 0 aliphatic rings. The van der Waals surface area contributed by atoms with Crippen molar-refractivity contribution in [1.82, 2.24) is 9.56 Å². The van der Waals surface area contributed by atoms with Gasteiger partial charge in [-0.05, 0) is 37.3 Å². The van der Waals surface area contributed by atoms with E-state index in [0.29, 0.717) is 22.8 Å². The lowest BCUT2D eigenvalue weighted by Crippen LogP contribution is -2.16. The van der Waals surface area contributed by atoms with Gasteiger partial charge in [0.1, 0.15) is 12.4 Å². The number of ether oxygens (including phenoxy) is 1. The number of esters is 1. The van der Waals surface area contributed by atoms with Crippen LogP contribution in [0, 0.1) is 6.92 Å². The summed E-state index contributed by atoms with van der Waals surface area (Å²) in [6, 6.07) is 19.0. The highest BCUT2D eigenvalue weighted by Gasteiger charge is 2.12. The Hall–Kier alpha value is -3.85. The lowest BCUT2D eigenvalue weighted by atomic mass is 10.2. The Bertz CT molecular complexity index is 1330. The van der Waals surface area contributed by atoms with E-state index in [0.717, 1.165) is 9.47 Å². The molecule has 2 aromatic heterocycles. The van der Waals surface area contributed by atoms with Crippen molar-refractivity contribution < 1.29 is 18.8 Å². The molecule has 0 fully saturated rings. The minimum Gasteiger partial charge on any atom is -0.456 e. The summed E-state index contributed by atoms with van der Waals surface area (Å²) in [7, 11) is 0. The highest BCUT2D eigenvalue weighted by atomic mass is 32.2. The number of aryl methyl sites for hydroxylation is 1. The number of thioether (sulfide) groups is 1. The Balaban J connectivity index is 1.35. The molecule has 0 aliphatic heterocycles. The Morgan fingerprint density at radius 3 is 2.72 bits per heavy atom. The quantitative estimate of drug-likeness (QED) is 0.339. The van der Waals surface area contributed by atoms with Gasteiger partial charge in [-0.25, -0.2) is 9.78 Å². The van der Waals surface area contributed by atoms with Crippen LogP contribution in [0.5, 0.6) is 0 Å². The predicted molar refractivity (Wildman–Crippen MR) is 120 cm³/mol. The highest BCUT2D eigenvalue weighted by molar-refractivity contribution is 8.00. The molecule has 2 aromatic carbocycles. The summed E-state index contributed by atoms with van der Waals surface area (Å²) < 4.78 is 11.6. The van der Waals surface area contributed by atoms with Crippen LogP contribution in [0.3, 0.4) is 0 Å². The fraction of sp³-hybridized carbons (Fsp3) is 0.130. The molecule has 1 amide bonds. The first kappa shape index (κ1) is 21.4. The third kappa shape index (κ3) is 5.25. The van der Waals surface area contributed by atoms with Crippen molar-refractivity contribution in [2.75, 3.05) is 11.1 Å².